The van der Waals surface area contributed by atoms with Gasteiger partial charge in [-0.3, -0.25) is 0 Å². The summed E-state index contributed by atoms with van der Waals surface area (Å²) in [6, 6.07) is -0.507. The van der Waals surface area contributed by atoms with Crippen LogP contribution in [-0.2, 0) is 9.53 Å². The maximum absolute atomic E-state index is 10.7. The SMILES string of the molecule is CCCC(N)[C@@H](O)C(=O)OC. The normalized spacial score (nSPS) is 15.6. The quantitative estimate of drug-likeness (QED) is 0.553. The molecule has 0 radical (unpaired) electrons. The smallest absolute Gasteiger partial charge is 0.336 e. The second-order valence-electron chi connectivity index (χ2n) is 2.42. The van der Waals surface area contributed by atoms with Gasteiger partial charge in [-0.25, -0.2) is 4.79 Å². The molecule has 4 heteroatoms. The van der Waals surface area contributed by atoms with Crippen LogP contribution >= 0.6 is 0 Å². The molecule has 0 bridgehead atoms. The van der Waals surface area contributed by atoms with Crippen molar-refractivity contribution in [2.24, 2.45) is 5.73 Å². The minimum atomic E-state index is -1.18. The van der Waals surface area contributed by atoms with E-state index >= 15 is 0 Å². The van der Waals surface area contributed by atoms with Crippen molar-refractivity contribution in [1.29, 1.82) is 0 Å². The first-order chi connectivity index (χ1) is 5.13. The molecule has 0 aromatic rings. The highest BCUT2D eigenvalue weighted by Gasteiger charge is 2.22. The second-order valence-corrected chi connectivity index (χ2v) is 2.42. The average Bonchev–Trinajstić information content (AvgIpc) is 2.02. The Morgan fingerprint density at radius 2 is 2.27 bits per heavy atom. The summed E-state index contributed by atoms with van der Waals surface area (Å²) in [7, 11) is 1.23. The zero-order valence-electron chi connectivity index (χ0n) is 6.91. The Morgan fingerprint density at radius 3 is 2.64 bits per heavy atom. The van der Waals surface area contributed by atoms with Gasteiger partial charge >= 0.3 is 5.97 Å². The van der Waals surface area contributed by atoms with Crippen LogP contribution in [0.25, 0.3) is 0 Å². The molecule has 4 nitrogen and oxygen atoms in total. The van der Waals surface area contributed by atoms with Crippen LogP contribution in [0.3, 0.4) is 0 Å². The summed E-state index contributed by atoms with van der Waals surface area (Å²) in [5, 5.41) is 9.12. The lowest BCUT2D eigenvalue weighted by molar-refractivity contribution is -0.151. The van der Waals surface area contributed by atoms with Crippen molar-refractivity contribution in [3.63, 3.8) is 0 Å². The van der Waals surface area contributed by atoms with E-state index in [0.717, 1.165) is 6.42 Å². The third-order valence-corrected chi connectivity index (χ3v) is 1.47. The summed E-state index contributed by atoms with van der Waals surface area (Å²) in [4.78, 5) is 10.7. The largest absolute Gasteiger partial charge is 0.467 e. The molecular weight excluding hydrogens is 146 g/mol. The lowest BCUT2D eigenvalue weighted by Gasteiger charge is -2.14. The monoisotopic (exact) mass is 161 g/mol. The van der Waals surface area contributed by atoms with Gasteiger partial charge < -0.3 is 15.6 Å². The Bertz CT molecular complexity index is 127. The molecule has 0 saturated heterocycles. The number of hydrogen-bond donors (Lipinski definition) is 2. The van der Waals surface area contributed by atoms with Gasteiger partial charge in [0.2, 0.25) is 0 Å². The Morgan fingerprint density at radius 1 is 1.73 bits per heavy atom. The average molecular weight is 161 g/mol. The van der Waals surface area contributed by atoms with E-state index in [1.165, 1.54) is 7.11 Å². The van der Waals surface area contributed by atoms with E-state index in [2.05, 4.69) is 4.74 Å². The lowest BCUT2D eigenvalue weighted by atomic mass is 10.1. The van der Waals surface area contributed by atoms with Crippen LogP contribution < -0.4 is 5.73 Å². The molecule has 0 rings (SSSR count). The molecule has 0 saturated carbocycles. The van der Waals surface area contributed by atoms with Gasteiger partial charge in [0.25, 0.3) is 0 Å². The van der Waals surface area contributed by atoms with Gasteiger partial charge in [-0.05, 0) is 6.42 Å². The van der Waals surface area contributed by atoms with Crippen LogP contribution in [-0.4, -0.2) is 30.3 Å². The van der Waals surface area contributed by atoms with Crippen LogP contribution in [0.1, 0.15) is 19.8 Å². The van der Waals surface area contributed by atoms with Gasteiger partial charge in [-0.2, -0.15) is 0 Å². The molecular formula is C7H15NO3. The fourth-order valence-electron chi connectivity index (χ4n) is 0.787. The summed E-state index contributed by atoms with van der Waals surface area (Å²) >= 11 is 0. The molecule has 11 heavy (non-hydrogen) atoms. The number of methoxy groups -OCH3 is 1. The van der Waals surface area contributed by atoms with Crippen molar-refractivity contribution in [1.82, 2.24) is 0 Å². The molecule has 0 fully saturated rings. The van der Waals surface area contributed by atoms with Crippen LogP contribution in [0.2, 0.25) is 0 Å². The fourth-order valence-corrected chi connectivity index (χ4v) is 0.787. The number of carbonyl (C=O) groups is 1. The molecule has 0 heterocycles. The zero-order chi connectivity index (χ0) is 8.85. The van der Waals surface area contributed by atoms with E-state index in [0.29, 0.717) is 6.42 Å². The third-order valence-electron chi connectivity index (χ3n) is 1.47. The number of carbonyl (C=O) groups excluding carboxylic acids is 1. The summed E-state index contributed by atoms with van der Waals surface area (Å²) < 4.78 is 4.31. The van der Waals surface area contributed by atoms with Gasteiger partial charge in [0.15, 0.2) is 6.10 Å². The highest BCUT2D eigenvalue weighted by molar-refractivity contribution is 5.75. The standard InChI is InChI=1S/C7H15NO3/c1-3-4-5(8)6(9)7(10)11-2/h5-6,9H,3-4,8H2,1-2H3/t5?,6-/m1/s1. The molecule has 66 valence electrons. The maximum atomic E-state index is 10.7. The number of aliphatic hydroxyl groups excluding tert-OH is 1. The van der Waals surface area contributed by atoms with Crippen molar-refractivity contribution in [2.75, 3.05) is 7.11 Å². The predicted octanol–water partition coefficient (Wildman–Crippen LogP) is -0.352. The summed E-state index contributed by atoms with van der Waals surface area (Å²) in [5.41, 5.74) is 5.45. The molecule has 0 amide bonds. The van der Waals surface area contributed by atoms with Crippen LogP contribution in [0, 0.1) is 0 Å². The molecule has 0 spiro atoms. The van der Waals surface area contributed by atoms with Crippen molar-refractivity contribution in [3.05, 3.63) is 0 Å². The number of nitrogens with two attached hydrogens (primary N) is 1. The Labute approximate surface area is 66.3 Å². The van der Waals surface area contributed by atoms with E-state index < -0.39 is 18.1 Å². The number of esters is 1. The maximum Gasteiger partial charge on any atom is 0.336 e. The van der Waals surface area contributed by atoms with Crippen LogP contribution in [0.4, 0.5) is 0 Å². The van der Waals surface area contributed by atoms with E-state index in [4.69, 9.17) is 10.8 Å². The van der Waals surface area contributed by atoms with Crippen molar-refractivity contribution < 1.29 is 14.6 Å². The minimum absolute atomic E-state index is 0.507. The van der Waals surface area contributed by atoms with E-state index in [9.17, 15) is 4.79 Å². The van der Waals surface area contributed by atoms with Gasteiger partial charge in [-0.1, -0.05) is 13.3 Å². The Kier molecular flexibility index (Phi) is 4.81. The lowest BCUT2D eigenvalue weighted by Crippen LogP contribution is -2.40. The van der Waals surface area contributed by atoms with Crippen LogP contribution in [0.15, 0.2) is 0 Å². The number of rotatable bonds is 4. The Hall–Kier alpha value is -0.610. The number of aliphatic hydroxyl groups is 1. The van der Waals surface area contributed by atoms with Crippen molar-refractivity contribution in [3.8, 4) is 0 Å². The summed E-state index contributed by atoms with van der Waals surface area (Å²) in [5.74, 6) is -0.661. The second kappa shape index (κ2) is 5.09. The zero-order valence-corrected chi connectivity index (χ0v) is 6.91. The van der Waals surface area contributed by atoms with E-state index in [-0.39, 0.29) is 0 Å². The molecule has 1 unspecified atom stereocenters. The Balaban J connectivity index is 3.80. The predicted molar refractivity (Wildman–Crippen MR) is 40.9 cm³/mol. The van der Waals surface area contributed by atoms with Gasteiger partial charge in [0.05, 0.1) is 7.11 Å². The van der Waals surface area contributed by atoms with Gasteiger partial charge in [0, 0.05) is 6.04 Å². The molecule has 0 aliphatic heterocycles. The first-order valence-corrected chi connectivity index (χ1v) is 3.65. The van der Waals surface area contributed by atoms with Gasteiger partial charge in [0.1, 0.15) is 0 Å². The van der Waals surface area contributed by atoms with Crippen LogP contribution in [0.5, 0.6) is 0 Å². The number of hydrogen-bond acceptors (Lipinski definition) is 4. The number of ether oxygens (including phenoxy) is 1. The first-order valence-electron chi connectivity index (χ1n) is 3.65. The summed E-state index contributed by atoms with van der Waals surface area (Å²) in [6.45, 7) is 1.93. The first kappa shape index (κ1) is 10.4. The summed E-state index contributed by atoms with van der Waals surface area (Å²) in [6.07, 6.45) is 0.283. The van der Waals surface area contributed by atoms with E-state index in [1.54, 1.807) is 0 Å². The van der Waals surface area contributed by atoms with Crippen molar-refractivity contribution >= 4 is 5.97 Å². The van der Waals surface area contributed by atoms with Gasteiger partial charge in [-0.15, -0.1) is 0 Å². The fraction of sp³-hybridized carbons (Fsp3) is 0.857. The third kappa shape index (κ3) is 3.34. The molecule has 0 aromatic carbocycles. The molecule has 0 aromatic heterocycles. The topological polar surface area (TPSA) is 72.5 Å². The minimum Gasteiger partial charge on any atom is -0.467 e. The molecule has 2 atom stereocenters. The molecule has 0 aliphatic carbocycles. The van der Waals surface area contributed by atoms with E-state index in [1.807, 2.05) is 6.92 Å². The molecule has 3 N–H and O–H groups in total. The highest BCUT2D eigenvalue weighted by atomic mass is 16.5. The van der Waals surface area contributed by atoms with Crippen molar-refractivity contribution in [2.45, 2.75) is 31.9 Å². The molecule has 0 aliphatic rings. The highest BCUT2D eigenvalue weighted by Crippen LogP contribution is 2.00.